The van der Waals surface area contributed by atoms with Crippen molar-refractivity contribution in [3.63, 3.8) is 0 Å². The Morgan fingerprint density at radius 2 is 2.24 bits per heavy atom. The summed E-state index contributed by atoms with van der Waals surface area (Å²) in [5.41, 5.74) is 0.222. The van der Waals surface area contributed by atoms with Gasteiger partial charge in [-0.05, 0) is 32.1 Å². The van der Waals surface area contributed by atoms with E-state index in [-0.39, 0.29) is 5.69 Å². The molecule has 0 bridgehead atoms. The highest BCUT2D eigenvalue weighted by Gasteiger charge is 2.09. The van der Waals surface area contributed by atoms with Gasteiger partial charge >= 0.3 is 5.97 Å². The van der Waals surface area contributed by atoms with E-state index in [1.807, 2.05) is 19.0 Å². The van der Waals surface area contributed by atoms with Gasteiger partial charge in [0.2, 0.25) is 0 Å². The van der Waals surface area contributed by atoms with Gasteiger partial charge in [-0.1, -0.05) is 0 Å². The predicted octanol–water partition coefficient (Wildman–Crippen LogP) is 0.309. The van der Waals surface area contributed by atoms with Crippen molar-refractivity contribution in [3.05, 3.63) is 17.8 Å². The van der Waals surface area contributed by atoms with E-state index >= 15 is 0 Å². The van der Waals surface area contributed by atoms with Gasteiger partial charge in [0.25, 0.3) is 0 Å². The molecule has 0 fully saturated rings. The van der Waals surface area contributed by atoms with Gasteiger partial charge in [0.1, 0.15) is 0 Å². The monoisotopic (exact) mass is 238 g/mol. The summed E-state index contributed by atoms with van der Waals surface area (Å²) in [6, 6.07) is 3.38. The molecule has 0 radical (unpaired) electrons. The van der Waals surface area contributed by atoms with Crippen molar-refractivity contribution in [2.24, 2.45) is 0 Å². The maximum absolute atomic E-state index is 11.2. The van der Waals surface area contributed by atoms with Gasteiger partial charge in [0.05, 0.1) is 7.11 Å². The Bertz CT molecular complexity index is 353. The lowest BCUT2D eigenvalue weighted by atomic mass is 10.3. The SMILES string of the molecule is CNCCCN(C)c1ccc(C(=O)OC)nn1. The highest BCUT2D eigenvalue weighted by Crippen LogP contribution is 2.08. The Hall–Kier alpha value is -1.69. The largest absolute Gasteiger partial charge is 0.464 e. The highest BCUT2D eigenvalue weighted by molar-refractivity contribution is 5.86. The number of nitrogens with one attached hydrogen (secondary N) is 1. The molecule has 94 valence electrons. The summed E-state index contributed by atoms with van der Waals surface area (Å²) in [7, 11) is 5.18. The lowest BCUT2D eigenvalue weighted by molar-refractivity contribution is 0.0592. The van der Waals surface area contributed by atoms with Crippen LogP contribution in [0.4, 0.5) is 5.82 Å². The molecule has 0 aliphatic carbocycles. The van der Waals surface area contributed by atoms with E-state index < -0.39 is 5.97 Å². The third-order valence-electron chi connectivity index (χ3n) is 2.36. The fraction of sp³-hybridized carbons (Fsp3) is 0.545. The molecule has 17 heavy (non-hydrogen) atoms. The van der Waals surface area contributed by atoms with Crippen LogP contribution in [-0.2, 0) is 4.74 Å². The zero-order valence-electron chi connectivity index (χ0n) is 10.4. The van der Waals surface area contributed by atoms with Crippen molar-refractivity contribution in [2.45, 2.75) is 6.42 Å². The minimum atomic E-state index is -0.470. The van der Waals surface area contributed by atoms with Crippen LogP contribution < -0.4 is 10.2 Å². The maximum Gasteiger partial charge on any atom is 0.358 e. The zero-order valence-corrected chi connectivity index (χ0v) is 10.4. The second-order valence-corrected chi connectivity index (χ2v) is 3.65. The minimum absolute atomic E-state index is 0.222. The Labute approximate surface area is 101 Å². The number of aromatic nitrogens is 2. The number of rotatable bonds is 6. The van der Waals surface area contributed by atoms with E-state index in [0.717, 1.165) is 25.3 Å². The van der Waals surface area contributed by atoms with Crippen LogP contribution in [0.2, 0.25) is 0 Å². The first-order valence-electron chi connectivity index (χ1n) is 5.46. The zero-order chi connectivity index (χ0) is 12.7. The number of esters is 1. The molecule has 1 rings (SSSR count). The first kappa shape index (κ1) is 13.4. The van der Waals surface area contributed by atoms with Crippen LogP contribution in [0.1, 0.15) is 16.9 Å². The molecule has 1 aromatic heterocycles. The standard InChI is InChI=1S/C11H18N4O2/c1-12-7-4-8-15(2)10-6-5-9(13-14-10)11(16)17-3/h5-6,12H,4,7-8H2,1-3H3. The van der Waals surface area contributed by atoms with Crippen molar-refractivity contribution in [3.8, 4) is 0 Å². The molecule has 0 aliphatic rings. The Balaban J connectivity index is 2.57. The van der Waals surface area contributed by atoms with E-state index in [0.29, 0.717) is 0 Å². The van der Waals surface area contributed by atoms with Crippen LogP contribution in [0.15, 0.2) is 12.1 Å². The van der Waals surface area contributed by atoms with Crippen LogP contribution in [0.25, 0.3) is 0 Å². The fourth-order valence-corrected chi connectivity index (χ4v) is 1.35. The number of hydrogen-bond acceptors (Lipinski definition) is 6. The van der Waals surface area contributed by atoms with Crippen LogP contribution in [-0.4, -0.2) is 50.5 Å². The number of carbonyl (C=O) groups is 1. The second-order valence-electron chi connectivity index (χ2n) is 3.65. The smallest absolute Gasteiger partial charge is 0.358 e. The molecule has 0 unspecified atom stereocenters. The molecule has 0 aromatic carbocycles. The number of ether oxygens (including phenoxy) is 1. The van der Waals surface area contributed by atoms with Crippen molar-refractivity contribution in [1.82, 2.24) is 15.5 Å². The molecular formula is C11H18N4O2. The summed E-state index contributed by atoms with van der Waals surface area (Å²) in [5.74, 6) is 0.274. The number of carbonyl (C=O) groups excluding carboxylic acids is 1. The summed E-state index contributed by atoms with van der Waals surface area (Å²) < 4.78 is 4.55. The highest BCUT2D eigenvalue weighted by atomic mass is 16.5. The van der Waals surface area contributed by atoms with Gasteiger partial charge in [0, 0.05) is 13.6 Å². The molecule has 1 N–H and O–H groups in total. The quantitative estimate of drug-likeness (QED) is 0.568. The molecule has 0 amide bonds. The lowest BCUT2D eigenvalue weighted by Crippen LogP contribution is -2.23. The van der Waals surface area contributed by atoms with Gasteiger partial charge in [-0.2, -0.15) is 0 Å². The van der Waals surface area contributed by atoms with Gasteiger partial charge in [-0.3, -0.25) is 0 Å². The van der Waals surface area contributed by atoms with Crippen LogP contribution in [0.3, 0.4) is 0 Å². The molecule has 0 atom stereocenters. The molecule has 0 spiro atoms. The summed E-state index contributed by atoms with van der Waals surface area (Å²) in [5, 5.41) is 10.9. The molecule has 6 nitrogen and oxygen atoms in total. The number of nitrogens with zero attached hydrogens (tertiary/aromatic N) is 3. The fourth-order valence-electron chi connectivity index (χ4n) is 1.35. The lowest BCUT2D eigenvalue weighted by Gasteiger charge is -2.17. The van der Waals surface area contributed by atoms with Gasteiger partial charge in [-0.25, -0.2) is 4.79 Å². The summed E-state index contributed by atoms with van der Waals surface area (Å²) in [4.78, 5) is 13.2. The third kappa shape index (κ3) is 3.99. The predicted molar refractivity (Wildman–Crippen MR) is 65.2 cm³/mol. The first-order valence-corrected chi connectivity index (χ1v) is 5.46. The molecule has 6 heteroatoms. The first-order chi connectivity index (χ1) is 8.19. The van der Waals surface area contributed by atoms with Crippen molar-refractivity contribution < 1.29 is 9.53 Å². The van der Waals surface area contributed by atoms with E-state index in [2.05, 4.69) is 20.3 Å². The Morgan fingerprint density at radius 1 is 1.47 bits per heavy atom. The van der Waals surface area contributed by atoms with Crippen molar-refractivity contribution in [1.29, 1.82) is 0 Å². The topological polar surface area (TPSA) is 67.4 Å². The molecule has 1 aromatic rings. The molecular weight excluding hydrogens is 220 g/mol. The number of methoxy groups -OCH3 is 1. The van der Waals surface area contributed by atoms with E-state index in [9.17, 15) is 4.79 Å². The van der Waals surface area contributed by atoms with E-state index in [1.54, 1.807) is 12.1 Å². The Kier molecular flexibility index (Phi) is 5.35. The van der Waals surface area contributed by atoms with Gasteiger partial charge < -0.3 is 15.0 Å². The average Bonchev–Trinajstić information content (AvgIpc) is 2.38. The van der Waals surface area contributed by atoms with Crippen molar-refractivity contribution >= 4 is 11.8 Å². The van der Waals surface area contributed by atoms with Crippen LogP contribution >= 0.6 is 0 Å². The third-order valence-corrected chi connectivity index (χ3v) is 2.36. The van der Waals surface area contributed by atoms with E-state index in [1.165, 1.54) is 7.11 Å². The van der Waals surface area contributed by atoms with Gasteiger partial charge in [-0.15, -0.1) is 10.2 Å². The second kappa shape index (κ2) is 6.80. The number of hydrogen-bond donors (Lipinski definition) is 1. The molecule has 0 aliphatic heterocycles. The number of anilines is 1. The summed E-state index contributed by atoms with van der Waals surface area (Å²) >= 11 is 0. The van der Waals surface area contributed by atoms with Crippen LogP contribution in [0.5, 0.6) is 0 Å². The van der Waals surface area contributed by atoms with Gasteiger partial charge in [0.15, 0.2) is 11.5 Å². The average molecular weight is 238 g/mol. The van der Waals surface area contributed by atoms with Crippen molar-refractivity contribution in [2.75, 3.05) is 39.2 Å². The summed E-state index contributed by atoms with van der Waals surface area (Å²) in [6.07, 6.45) is 1.02. The molecule has 0 saturated heterocycles. The minimum Gasteiger partial charge on any atom is -0.464 e. The Morgan fingerprint density at radius 3 is 2.76 bits per heavy atom. The molecule has 1 heterocycles. The molecule has 0 saturated carbocycles. The maximum atomic E-state index is 11.2. The summed E-state index contributed by atoms with van der Waals surface area (Å²) in [6.45, 7) is 1.84. The normalized spacial score (nSPS) is 10.1. The van der Waals surface area contributed by atoms with Crippen LogP contribution in [0, 0.1) is 0 Å². The van der Waals surface area contributed by atoms with E-state index in [4.69, 9.17) is 0 Å².